The van der Waals surface area contributed by atoms with E-state index in [0.717, 1.165) is 17.7 Å². The summed E-state index contributed by atoms with van der Waals surface area (Å²) in [5, 5.41) is 9.51. The number of nitriles is 1. The first-order chi connectivity index (χ1) is 16.2. The van der Waals surface area contributed by atoms with E-state index in [0.29, 0.717) is 50.1 Å². The molecule has 168 valence electrons. The van der Waals surface area contributed by atoms with Gasteiger partial charge >= 0.3 is 0 Å². The molecule has 0 atom stereocenters. The van der Waals surface area contributed by atoms with E-state index in [1.165, 1.54) is 0 Å². The minimum Gasteiger partial charge on any atom is -0.494 e. The van der Waals surface area contributed by atoms with E-state index in [1.54, 1.807) is 18.2 Å². The number of benzene rings is 2. The first-order valence-corrected chi connectivity index (χ1v) is 11.1. The van der Waals surface area contributed by atoms with Gasteiger partial charge in [0, 0.05) is 37.8 Å². The summed E-state index contributed by atoms with van der Waals surface area (Å²) in [6.45, 7) is 4.91. The number of hydrogen-bond acceptors (Lipinski definition) is 6. The van der Waals surface area contributed by atoms with Gasteiger partial charge < -0.3 is 19.0 Å². The fourth-order valence-corrected chi connectivity index (χ4v) is 3.63. The van der Waals surface area contributed by atoms with Crippen molar-refractivity contribution in [2.45, 2.75) is 13.3 Å². The average molecular weight is 443 g/mol. The van der Waals surface area contributed by atoms with Crippen LogP contribution in [0.2, 0.25) is 0 Å². The first-order valence-electron chi connectivity index (χ1n) is 11.1. The van der Waals surface area contributed by atoms with Crippen molar-refractivity contribution in [2.75, 3.05) is 37.7 Å². The third kappa shape index (κ3) is 5.42. The van der Waals surface area contributed by atoms with Gasteiger partial charge in [0.15, 0.2) is 0 Å². The van der Waals surface area contributed by atoms with Gasteiger partial charge in [-0.05, 0) is 42.3 Å². The van der Waals surface area contributed by atoms with Crippen LogP contribution >= 0.6 is 0 Å². The average Bonchev–Trinajstić information content (AvgIpc) is 3.30. The Morgan fingerprint density at radius 2 is 1.82 bits per heavy atom. The number of aromatic nitrogens is 1. The van der Waals surface area contributed by atoms with Crippen LogP contribution in [0.1, 0.15) is 40.9 Å². The molecule has 0 unspecified atom stereocenters. The van der Waals surface area contributed by atoms with Crippen LogP contribution in [0.5, 0.6) is 5.75 Å². The molecule has 7 nitrogen and oxygen atoms in total. The number of hydrogen-bond donors (Lipinski definition) is 0. The lowest BCUT2D eigenvalue weighted by atomic mass is 10.1. The van der Waals surface area contributed by atoms with Crippen molar-refractivity contribution < 1.29 is 13.9 Å². The van der Waals surface area contributed by atoms with Crippen LogP contribution in [0.3, 0.4) is 0 Å². The summed E-state index contributed by atoms with van der Waals surface area (Å²) in [5.41, 5.74) is 1.91. The second-order valence-electron chi connectivity index (χ2n) is 7.71. The molecule has 0 N–H and O–H groups in total. The van der Waals surface area contributed by atoms with Crippen molar-refractivity contribution in [3.63, 3.8) is 0 Å². The summed E-state index contributed by atoms with van der Waals surface area (Å²) in [5.74, 6) is 1.59. The lowest BCUT2D eigenvalue weighted by molar-refractivity contribution is 0.0745. The van der Waals surface area contributed by atoms with Crippen LogP contribution in [0.25, 0.3) is 12.2 Å². The molecule has 2 heterocycles. The Morgan fingerprint density at radius 1 is 1.09 bits per heavy atom. The lowest BCUT2D eigenvalue weighted by Crippen LogP contribution is -2.48. The van der Waals surface area contributed by atoms with Gasteiger partial charge in [-0.25, -0.2) is 0 Å². The van der Waals surface area contributed by atoms with Crippen molar-refractivity contribution in [1.82, 2.24) is 9.88 Å². The first kappa shape index (κ1) is 22.2. The quantitative estimate of drug-likeness (QED) is 0.537. The van der Waals surface area contributed by atoms with Crippen molar-refractivity contribution in [3.05, 3.63) is 77.3 Å². The fourth-order valence-electron chi connectivity index (χ4n) is 3.63. The summed E-state index contributed by atoms with van der Waals surface area (Å²) in [6, 6.07) is 19.2. The van der Waals surface area contributed by atoms with Crippen molar-refractivity contribution in [3.8, 4) is 11.8 Å². The molecule has 1 saturated heterocycles. The van der Waals surface area contributed by atoms with Gasteiger partial charge in [0.1, 0.15) is 11.8 Å². The molecule has 1 fully saturated rings. The highest BCUT2D eigenvalue weighted by molar-refractivity contribution is 5.94. The second-order valence-corrected chi connectivity index (χ2v) is 7.71. The zero-order valence-electron chi connectivity index (χ0n) is 18.6. The molecule has 0 aliphatic carbocycles. The molecule has 33 heavy (non-hydrogen) atoms. The number of rotatable bonds is 7. The number of piperazine rings is 1. The Labute approximate surface area is 193 Å². The van der Waals surface area contributed by atoms with Crippen LogP contribution in [0, 0.1) is 11.3 Å². The predicted molar refractivity (Wildman–Crippen MR) is 127 cm³/mol. The highest BCUT2D eigenvalue weighted by Gasteiger charge is 2.26. The Balaban J connectivity index is 1.38. The predicted octanol–water partition coefficient (Wildman–Crippen LogP) is 4.47. The molecule has 1 aliphatic heterocycles. The minimum atomic E-state index is -0.0127. The molecular formula is C26H26N4O3. The summed E-state index contributed by atoms with van der Waals surface area (Å²) in [6.07, 6.45) is 4.59. The van der Waals surface area contributed by atoms with E-state index in [9.17, 15) is 10.1 Å². The third-order valence-corrected chi connectivity index (χ3v) is 5.38. The number of amides is 1. The van der Waals surface area contributed by atoms with Crippen molar-refractivity contribution in [1.29, 1.82) is 5.26 Å². The van der Waals surface area contributed by atoms with Crippen molar-refractivity contribution >= 4 is 23.9 Å². The van der Waals surface area contributed by atoms with Gasteiger partial charge in [0.05, 0.1) is 6.61 Å². The van der Waals surface area contributed by atoms with Crippen LogP contribution < -0.4 is 9.64 Å². The van der Waals surface area contributed by atoms with Crippen LogP contribution in [0.4, 0.5) is 5.88 Å². The molecule has 1 aromatic heterocycles. The summed E-state index contributed by atoms with van der Waals surface area (Å²) < 4.78 is 11.5. The molecule has 0 spiro atoms. The van der Waals surface area contributed by atoms with Gasteiger partial charge in [-0.3, -0.25) is 4.79 Å². The Bertz CT molecular complexity index is 1140. The smallest absolute Gasteiger partial charge is 0.253 e. The Hall–Kier alpha value is -4.05. The van der Waals surface area contributed by atoms with E-state index in [4.69, 9.17) is 9.15 Å². The van der Waals surface area contributed by atoms with Gasteiger partial charge in [-0.15, -0.1) is 0 Å². The largest absolute Gasteiger partial charge is 0.494 e. The number of carbonyl (C=O) groups excluding carboxylic acids is 1. The Kier molecular flexibility index (Phi) is 7.06. The van der Waals surface area contributed by atoms with E-state index >= 15 is 0 Å². The summed E-state index contributed by atoms with van der Waals surface area (Å²) in [7, 11) is 0. The molecule has 2 aromatic carbocycles. The number of oxazole rings is 1. The minimum absolute atomic E-state index is 0.0127. The molecular weight excluding hydrogens is 416 g/mol. The fraction of sp³-hybridized carbons (Fsp3) is 0.269. The lowest BCUT2D eigenvalue weighted by Gasteiger charge is -2.34. The van der Waals surface area contributed by atoms with Crippen molar-refractivity contribution in [2.24, 2.45) is 0 Å². The molecule has 0 saturated carbocycles. The SMILES string of the molecule is CCCOc1ccc(C(=O)N2CCN(c3oc(/C=C/c4ccccc4)nc3C#N)CC2)cc1. The van der Waals surface area contributed by atoms with Gasteiger partial charge in [0.25, 0.3) is 5.91 Å². The highest BCUT2D eigenvalue weighted by atomic mass is 16.5. The van der Waals surface area contributed by atoms with E-state index < -0.39 is 0 Å². The van der Waals surface area contributed by atoms with Gasteiger partial charge in [0.2, 0.25) is 17.5 Å². The molecule has 1 aliphatic rings. The van der Waals surface area contributed by atoms with Crippen LogP contribution in [-0.4, -0.2) is 48.6 Å². The summed E-state index contributed by atoms with van der Waals surface area (Å²) in [4.78, 5) is 21.0. The number of nitrogens with zero attached hydrogens (tertiary/aromatic N) is 4. The molecule has 0 bridgehead atoms. The summed E-state index contributed by atoms with van der Waals surface area (Å²) >= 11 is 0. The maximum atomic E-state index is 12.9. The van der Waals surface area contributed by atoms with Gasteiger partial charge in [-0.1, -0.05) is 37.3 Å². The monoisotopic (exact) mass is 442 g/mol. The number of anilines is 1. The molecule has 0 radical (unpaired) electrons. The molecule has 3 aromatic rings. The van der Waals surface area contributed by atoms with Crippen LogP contribution in [0.15, 0.2) is 59.0 Å². The maximum Gasteiger partial charge on any atom is 0.253 e. The molecule has 1 amide bonds. The number of carbonyl (C=O) groups is 1. The standard InChI is InChI=1S/C26H26N4O3/c1-2-18-32-22-11-9-21(10-12-22)25(31)29-14-16-30(17-15-29)26-23(19-27)28-24(33-26)13-8-20-6-4-3-5-7-20/h3-13H,2,14-18H2,1H3/b13-8+. The highest BCUT2D eigenvalue weighted by Crippen LogP contribution is 2.25. The topological polar surface area (TPSA) is 82.6 Å². The zero-order valence-corrected chi connectivity index (χ0v) is 18.6. The van der Waals surface area contributed by atoms with E-state index in [2.05, 4.69) is 18.0 Å². The zero-order chi connectivity index (χ0) is 23.0. The van der Waals surface area contributed by atoms with E-state index in [-0.39, 0.29) is 11.6 Å². The molecule has 4 rings (SSSR count). The normalized spacial score (nSPS) is 13.8. The Morgan fingerprint density at radius 3 is 2.48 bits per heavy atom. The number of ether oxygens (including phenoxy) is 1. The maximum absolute atomic E-state index is 12.9. The molecule has 7 heteroatoms. The second kappa shape index (κ2) is 10.5. The van der Waals surface area contributed by atoms with Crippen LogP contribution in [-0.2, 0) is 0 Å². The van der Waals surface area contributed by atoms with Gasteiger partial charge in [-0.2, -0.15) is 10.2 Å². The third-order valence-electron chi connectivity index (χ3n) is 5.38. The van der Waals surface area contributed by atoms with E-state index in [1.807, 2.05) is 58.3 Å².